The Kier molecular flexibility index (Phi) is 6.86. The molecule has 1 heterocycles. The zero-order valence-electron chi connectivity index (χ0n) is 13.1. The Hall–Kier alpha value is -0.410. The van der Waals surface area contributed by atoms with Gasteiger partial charge in [0, 0.05) is 18.7 Å². The summed E-state index contributed by atoms with van der Waals surface area (Å²) in [5.41, 5.74) is 0. The van der Waals surface area contributed by atoms with Crippen molar-refractivity contribution in [2.75, 3.05) is 27.7 Å². The lowest BCUT2D eigenvalue weighted by Gasteiger charge is -2.25. The normalized spacial score (nSPS) is 14.1. The summed E-state index contributed by atoms with van der Waals surface area (Å²) < 4.78 is 33.4. The van der Waals surface area contributed by atoms with Crippen molar-refractivity contribution >= 4 is 26.0 Å². The number of halogens is 1. The van der Waals surface area contributed by atoms with Crippen LogP contribution in [0.25, 0.3) is 0 Å². The lowest BCUT2D eigenvalue weighted by Crippen LogP contribution is -2.44. The van der Waals surface area contributed by atoms with E-state index in [-0.39, 0.29) is 21.5 Å². The molecule has 0 amide bonds. The Morgan fingerprint density at radius 3 is 2.48 bits per heavy atom. The molecular formula is C13H24BrN3O3S. The van der Waals surface area contributed by atoms with Crippen LogP contribution in [-0.4, -0.2) is 47.0 Å². The molecule has 0 fully saturated rings. The van der Waals surface area contributed by atoms with Crippen molar-refractivity contribution in [2.45, 2.75) is 31.3 Å². The van der Waals surface area contributed by atoms with Crippen LogP contribution in [0.1, 0.15) is 19.6 Å². The van der Waals surface area contributed by atoms with Crippen LogP contribution >= 0.6 is 15.9 Å². The molecule has 1 rings (SSSR count). The molecule has 1 unspecified atom stereocenters. The number of furan rings is 1. The lowest BCUT2D eigenvalue weighted by atomic mass is 10.1. The van der Waals surface area contributed by atoms with Crippen molar-refractivity contribution in [3.63, 3.8) is 0 Å². The Morgan fingerprint density at radius 2 is 2.00 bits per heavy atom. The molecule has 0 saturated heterocycles. The first-order valence-electron chi connectivity index (χ1n) is 6.77. The van der Waals surface area contributed by atoms with Gasteiger partial charge in [-0.05, 0) is 43.0 Å². The summed E-state index contributed by atoms with van der Waals surface area (Å²) in [5.74, 6) is 0.753. The number of hydrogen-bond donors (Lipinski definition) is 2. The van der Waals surface area contributed by atoms with Gasteiger partial charge in [-0.1, -0.05) is 13.8 Å². The van der Waals surface area contributed by atoms with Gasteiger partial charge in [0.15, 0.2) is 4.67 Å². The molecule has 1 aromatic heterocycles. The molecule has 122 valence electrons. The lowest BCUT2D eigenvalue weighted by molar-refractivity contribution is 0.314. The average Bonchev–Trinajstić information content (AvgIpc) is 2.69. The van der Waals surface area contributed by atoms with E-state index in [0.29, 0.717) is 18.8 Å². The van der Waals surface area contributed by atoms with E-state index in [1.807, 2.05) is 32.8 Å². The minimum Gasteiger partial charge on any atom is -0.452 e. The van der Waals surface area contributed by atoms with Crippen LogP contribution in [0.5, 0.6) is 0 Å². The third-order valence-electron chi connectivity index (χ3n) is 3.02. The van der Waals surface area contributed by atoms with Crippen molar-refractivity contribution in [3.8, 4) is 0 Å². The van der Waals surface area contributed by atoms with E-state index in [2.05, 4.69) is 26.0 Å². The summed E-state index contributed by atoms with van der Waals surface area (Å²) in [6, 6.07) is 1.37. The van der Waals surface area contributed by atoms with Crippen LogP contribution in [0.2, 0.25) is 0 Å². The van der Waals surface area contributed by atoms with Crippen LogP contribution < -0.4 is 10.0 Å². The third kappa shape index (κ3) is 5.37. The first-order chi connectivity index (χ1) is 9.67. The van der Waals surface area contributed by atoms with E-state index in [1.165, 1.54) is 6.07 Å². The van der Waals surface area contributed by atoms with Crippen LogP contribution in [0.4, 0.5) is 0 Å². The second-order valence-corrected chi connectivity index (χ2v) is 8.02. The fourth-order valence-electron chi connectivity index (χ4n) is 1.88. The molecule has 8 heteroatoms. The van der Waals surface area contributed by atoms with E-state index >= 15 is 0 Å². The average molecular weight is 382 g/mol. The molecule has 1 aromatic rings. The molecule has 2 N–H and O–H groups in total. The standard InChI is InChI=1S/C13H24BrN3O3S/c1-9(2)11(8-17(4)5)16-21(18,19)12-6-10(7-15-3)20-13(12)14/h6,9,11,15-16H,7-8H2,1-5H3. The molecule has 21 heavy (non-hydrogen) atoms. The summed E-state index contributed by atoms with van der Waals surface area (Å²) >= 11 is 3.18. The highest BCUT2D eigenvalue weighted by atomic mass is 79.9. The topological polar surface area (TPSA) is 74.6 Å². The quantitative estimate of drug-likeness (QED) is 0.715. The maximum absolute atomic E-state index is 12.5. The molecule has 0 aliphatic heterocycles. The smallest absolute Gasteiger partial charge is 0.245 e. The molecule has 0 aliphatic carbocycles. The molecular weight excluding hydrogens is 358 g/mol. The molecule has 0 radical (unpaired) electrons. The van der Waals surface area contributed by atoms with Crippen molar-refractivity contribution in [1.82, 2.24) is 14.9 Å². The zero-order chi connectivity index (χ0) is 16.2. The van der Waals surface area contributed by atoms with Crippen molar-refractivity contribution in [3.05, 3.63) is 16.5 Å². The third-order valence-corrected chi connectivity index (χ3v) is 5.37. The van der Waals surface area contributed by atoms with Gasteiger partial charge in [0.25, 0.3) is 0 Å². The Bertz CT molecular complexity index is 555. The molecule has 0 saturated carbocycles. The Labute approximate surface area is 135 Å². The highest BCUT2D eigenvalue weighted by Gasteiger charge is 2.27. The van der Waals surface area contributed by atoms with Crippen LogP contribution in [-0.2, 0) is 16.6 Å². The predicted molar refractivity (Wildman–Crippen MR) is 86.7 cm³/mol. The Morgan fingerprint density at radius 1 is 1.38 bits per heavy atom. The van der Waals surface area contributed by atoms with Crippen LogP contribution in [0, 0.1) is 5.92 Å². The van der Waals surface area contributed by atoms with Crippen LogP contribution in [0.15, 0.2) is 20.0 Å². The van der Waals surface area contributed by atoms with Crippen molar-refractivity contribution < 1.29 is 12.8 Å². The molecule has 0 spiro atoms. The largest absolute Gasteiger partial charge is 0.452 e. The van der Waals surface area contributed by atoms with Gasteiger partial charge in [0.1, 0.15) is 10.7 Å². The SMILES string of the molecule is CNCc1cc(S(=O)(=O)NC(CN(C)C)C(C)C)c(Br)o1. The molecule has 0 aliphatic rings. The number of sulfonamides is 1. The van der Waals surface area contributed by atoms with Gasteiger partial charge in [-0.25, -0.2) is 13.1 Å². The molecule has 0 aromatic carbocycles. The fraction of sp³-hybridized carbons (Fsp3) is 0.692. The van der Waals surface area contributed by atoms with Crippen molar-refractivity contribution in [1.29, 1.82) is 0 Å². The van der Waals surface area contributed by atoms with Gasteiger partial charge in [0.2, 0.25) is 10.0 Å². The first-order valence-corrected chi connectivity index (χ1v) is 9.05. The van der Waals surface area contributed by atoms with Gasteiger partial charge in [-0.15, -0.1) is 0 Å². The van der Waals surface area contributed by atoms with E-state index in [0.717, 1.165) is 0 Å². The van der Waals surface area contributed by atoms with E-state index in [9.17, 15) is 8.42 Å². The number of nitrogens with zero attached hydrogens (tertiary/aromatic N) is 1. The van der Waals surface area contributed by atoms with Gasteiger partial charge in [-0.2, -0.15) is 0 Å². The summed E-state index contributed by atoms with van der Waals surface area (Å²) in [5, 5.41) is 2.92. The summed E-state index contributed by atoms with van der Waals surface area (Å²) in [6.07, 6.45) is 0. The predicted octanol–water partition coefficient (Wildman–Crippen LogP) is 1.63. The van der Waals surface area contributed by atoms with Crippen molar-refractivity contribution in [2.24, 2.45) is 5.92 Å². The molecule has 1 atom stereocenters. The van der Waals surface area contributed by atoms with Gasteiger partial charge < -0.3 is 14.6 Å². The molecule has 0 bridgehead atoms. The van der Waals surface area contributed by atoms with Crippen LogP contribution in [0.3, 0.4) is 0 Å². The highest BCUT2D eigenvalue weighted by molar-refractivity contribution is 9.10. The second-order valence-electron chi connectivity index (χ2n) is 5.62. The Balaban J connectivity index is 2.99. The van der Waals surface area contributed by atoms with E-state index in [1.54, 1.807) is 7.05 Å². The summed E-state index contributed by atoms with van der Waals surface area (Å²) in [4.78, 5) is 2.10. The van der Waals surface area contributed by atoms with Gasteiger partial charge in [-0.3, -0.25) is 0 Å². The number of likely N-dealkylation sites (N-methyl/N-ethyl adjacent to an activating group) is 1. The maximum Gasteiger partial charge on any atom is 0.245 e. The minimum absolute atomic E-state index is 0.136. The molecule has 6 nitrogen and oxygen atoms in total. The number of hydrogen-bond acceptors (Lipinski definition) is 5. The van der Waals surface area contributed by atoms with E-state index < -0.39 is 10.0 Å². The second kappa shape index (κ2) is 7.73. The monoisotopic (exact) mass is 381 g/mol. The summed E-state index contributed by atoms with van der Waals surface area (Å²) in [6.45, 7) is 5.09. The highest BCUT2D eigenvalue weighted by Crippen LogP contribution is 2.26. The minimum atomic E-state index is -3.62. The van der Waals surface area contributed by atoms with E-state index in [4.69, 9.17) is 4.42 Å². The summed E-state index contributed by atoms with van der Waals surface area (Å²) in [7, 11) is 1.99. The van der Waals surface area contributed by atoms with Gasteiger partial charge >= 0.3 is 0 Å². The number of nitrogens with one attached hydrogen (secondary N) is 2. The number of rotatable bonds is 8. The first kappa shape index (κ1) is 18.6. The maximum atomic E-state index is 12.5. The zero-order valence-corrected chi connectivity index (χ0v) is 15.5. The van der Waals surface area contributed by atoms with Gasteiger partial charge in [0.05, 0.1) is 6.54 Å². The fourth-order valence-corrected chi connectivity index (χ4v) is 4.26.